The van der Waals surface area contributed by atoms with Crippen LogP contribution >= 0.6 is 0 Å². The van der Waals surface area contributed by atoms with Gasteiger partial charge in [0.15, 0.2) is 6.10 Å². The Hall–Kier alpha value is -3.53. The standard InChI is InChI=1S/C26H31F2N3O5/c1-3-12-29-24(35)20-14-26(27,28)15-31(20)25(36)22(33)19(13-17-8-5-4-6-9-17)30-23(34)18-10-7-11-21(32)16(18)2/h4-11,19-20,22,32-33H,3,12-15H2,1-2H3,(H,29,35)(H,30,34)/t19-,20-,22-/m0/s1. The molecule has 1 saturated heterocycles. The van der Waals surface area contributed by atoms with Gasteiger partial charge < -0.3 is 25.7 Å². The average molecular weight is 504 g/mol. The van der Waals surface area contributed by atoms with Gasteiger partial charge in [-0.2, -0.15) is 0 Å². The maximum Gasteiger partial charge on any atom is 0.267 e. The molecule has 4 N–H and O–H groups in total. The minimum absolute atomic E-state index is 0.0221. The van der Waals surface area contributed by atoms with Gasteiger partial charge in [0.1, 0.15) is 11.8 Å². The van der Waals surface area contributed by atoms with Gasteiger partial charge in [-0.25, -0.2) is 8.78 Å². The fraction of sp³-hybridized carbons (Fsp3) is 0.423. The highest BCUT2D eigenvalue weighted by Crippen LogP contribution is 2.33. The monoisotopic (exact) mass is 503 g/mol. The van der Waals surface area contributed by atoms with Crippen molar-refractivity contribution in [2.75, 3.05) is 13.1 Å². The summed E-state index contributed by atoms with van der Waals surface area (Å²) in [5.41, 5.74) is 1.13. The average Bonchev–Trinajstić information content (AvgIpc) is 3.18. The van der Waals surface area contributed by atoms with Crippen molar-refractivity contribution < 1.29 is 33.4 Å². The van der Waals surface area contributed by atoms with Gasteiger partial charge in [0, 0.05) is 24.1 Å². The number of halogens is 2. The van der Waals surface area contributed by atoms with Gasteiger partial charge in [0.25, 0.3) is 17.7 Å². The Morgan fingerprint density at radius 2 is 1.83 bits per heavy atom. The highest BCUT2D eigenvalue weighted by Gasteiger charge is 2.51. The summed E-state index contributed by atoms with van der Waals surface area (Å²) >= 11 is 0. The first kappa shape index (κ1) is 27.1. The van der Waals surface area contributed by atoms with E-state index in [9.17, 15) is 33.4 Å². The van der Waals surface area contributed by atoms with Gasteiger partial charge in [-0.3, -0.25) is 14.4 Å². The number of benzene rings is 2. The third kappa shape index (κ3) is 6.37. The molecule has 3 amide bonds. The zero-order valence-electron chi connectivity index (χ0n) is 20.2. The Balaban J connectivity index is 1.87. The van der Waals surface area contributed by atoms with Crippen LogP contribution in [0.3, 0.4) is 0 Å². The SMILES string of the molecule is CCCNC(=O)[C@@H]1CC(F)(F)CN1C(=O)[C@@H](O)[C@H](Cc1ccccc1)NC(=O)c1cccc(O)c1C. The molecule has 0 aromatic heterocycles. The molecule has 0 bridgehead atoms. The number of phenols is 1. The summed E-state index contributed by atoms with van der Waals surface area (Å²) in [5.74, 6) is -5.83. The first-order valence-corrected chi connectivity index (χ1v) is 11.8. The zero-order chi connectivity index (χ0) is 26.5. The lowest BCUT2D eigenvalue weighted by atomic mass is 9.98. The van der Waals surface area contributed by atoms with Gasteiger partial charge in [-0.05, 0) is 37.5 Å². The fourth-order valence-corrected chi connectivity index (χ4v) is 4.22. The molecule has 2 aromatic carbocycles. The number of carbonyl (C=O) groups excluding carboxylic acids is 3. The number of alkyl halides is 2. The normalized spacial score (nSPS) is 18.4. The number of aliphatic hydroxyl groups excluding tert-OH is 1. The predicted molar refractivity (Wildman–Crippen MR) is 129 cm³/mol. The van der Waals surface area contributed by atoms with E-state index in [1.165, 1.54) is 18.2 Å². The van der Waals surface area contributed by atoms with Crippen LogP contribution in [0.4, 0.5) is 8.78 Å². The van der Waals surface area contributed by atoms with E-state index in [0.717, 1.165) is 0 Å². The minimum Gasteiger partial charge on any atom is -0.508 e. The van der Waals surface area contributed by atoms with Gasteiger partial charge in [-0.15, -0.1) is 0 Å². The third-order valence-electron chi connectivity index (χ3n) is 6.20. The van der Waals surface area contributed by atoms with Gasteiger partial charge in [0.2, 0.25) is 5.91 Å². The molecule has 3 rings (SSSR count). The Morgan fingerprint density at radius 3 is 2.50 bits per heavy atom. The van der Waals surface area contributed by atoms with E-state index in [-0.39, 0.29) is 24.3 Å². The second-order valence-electron chi connectivity index (χ2n) is 9.00. The topological polar surface area (TPSA) is 119 Å². The maximum absolute atomic E-state index is 14.3. The van der Waals surface area contributed by atoms with Crippen LogP contribution in [0.5, 0.6) is 5.75 Å². The van der Waals surface area contributed by atoms with E-state index in [2.05, 4.69) is 10.6 Å². The lowest BCUT2D eigenvalue weighted by molar-refractivity contribution is -0.147. The summed E-state index contributed by atoms with van der Waals surface area (Å²) in [5, 5.41) is 26.1. The first-order chi connectivity index (χ1) is 17.0. The van der Waals surface area contributed by atoms with Crippen LogP contribution in [-0.2, 0) is 16.0 Å². The molecule has 1 heterocycles. The van der Waals surface area contributed by atoms with E-state index >= 15 is 0 Å². The zero-order valence-corrected chi connectivity index (χ0v) is 20.2. The molecule has 1 fully saturated rings. The molecular weight excluding hydrogens is 472 g/mol. The number of carbonyl (C=O) groups is 3. The highest BCUT2D eigenvalue weighted by molar-refractivity contribution is 5.97. The molecule has 0 saturated carbocycles. The summed E-state index contributed by atoms with van der Waals surface area (Å²) < 4.78 is 28.5. The van der Waals surface area contributed by atoms with Crippen LogP contribution in [0.25, 0.3) is 0 Å². The van der Waals surface area contributed by atoms with Crippen LogP contribution in [-0.4, -0.2) is 70.0 Å². The Kier molecular flexibility index (Phi) is 8.62. The van der Waals surface area contributed by atoms with Crippen molar-refractivity contribution in [3.63, 3.8) is 0 Å². The molecule has 0 spiro atoms. The van der Waals surface area contributed by atoms with Crippen molar-refractivity contribution in [2.24, 2.45) is 0 Å². The van der Waals surface area contributed by atoms with Crippen molar-refractivity contribution in [2.45, 2.75) is 57.2 Å². The van der Waals surface area contributed by atoms with Crippen molar-refractivity contribution in [1.82, 2.24) is 15.5 Å². The van der Waals surface area contributed by atoms with Crippen LogP contribution < -0.4 is 10.6 Å². The number of nitrogens with one attached hydrogen (secondary N) is 2. The second-order valence-corrected chi connectivity index (χ2v) is 9.00. The molecule has 0 aliphatic carbocycles. The highest BCUT2D eigenvalue weighted by atomic mass is 19.3. The quantitative estimate of drug-likeness (QED) is 0.418. The summed E-state index contributed by atoms with van der Waals surface area (Å²) in [6.45, 7) is 2.61. The predicted octanol–water partition coefficient (Wildman–Crippen LogP) is 2.17. The van der Waals surface area contributed by atoms with Crippen molar-refractivity contribution in [3.8, 4) is 5.75 Å². The summed E-state index contributed by atoms with van der Waals surface area (Å²) in [7, 11) is 0. The van der Waals surface area contributed by atoms with Crippen LogP contribution in [0.1, 0.15) is 41.3 Å². The molecule has 1 aliphatic heterocycles. The van der Waals surface area contributed by atoms with Gasteiger partial charge >= 0.3 is 0 Å². The number of aliphatic hydroxyl groups is 1. The van der Waals surface area contributed by atoms with Crippen LogP contribution in [0, 0.1) is 6.92 Å². The molecule has 194 valence electrons. The number of hydrogen-bond acceptors (Lipinski definition) is 5. The molecule has 0 unspecified atom stereocenters. The minimum atomic E-state index is -3.29. The van der Waals surface area contributed by atoms with E-state index in [1.807, 2.05) is 0 Å². The summed E-state index contributed by atoms with van der Waals surface area (Å²) in [4.78, 5) is 39.5. The molecule has 2 aromatic rings. The lowest BCUT2D eigenvalue weighted by Gasteiger charge is -2.30. The van der Waals surface area contributed by atoms with E-state index in [4.69, 9.17) is 0 Å². The van der Waals surface area contributed by atoms with Crippen LogP contribution in [0.2, 0.25) is 0 Å². The largest absolute Gasteiger partial charge is 0.508 e. The number of amides is 3. The van der Waals surface area contributed by atoms with Gasteiger partial charge in [0.05, 0.1) is 12.6 Å². The Morgan fingerprint density at radius 1 is 1.14 bits per heavy atom. The Labute approximate surface area is 208 Å². The summed E-state index contributed by atoms with van der Waals surface area (Å²) in [6, 6.07) is 10.5. The number of nitrogens with zero attached hydrogens (tertiary/aromatic N) is 1. The van der Waals surface area contributed by atoms with E-state index < -0.39 is 54.8 Å². The molecule has 8 nitrogen and oxygen atoms in total. The maximum atomic E-state index is 14.3. The molecule has 3 atom stereocenters. The number of rotatable bonds is 9. The number of aromatic hydroxyl groups is 1. The number of phenolic OH excluding ortho intramolecular Hbond substituents is 1. The molecule has 1 aliphatic rings. The smallest absolute Gasteiger partial charge is 0.267 e. The summed E-state index contributed by atoms with van der Waals surface area (Å²) in [6.07, 6.45) is -2.14. The van der Waals surface area contributed by atoms with Crippen molar-refractivity contribution >= 4 is 17.7 Å². The molecule has 10 heteroatoms. The van der Waals surface area contributed by atoms with E-state index in [0.29, 0.717) is 22.4 Å². The van der Waals surface area contributed by atoms with Crippen molar-refractivity contribution in [1.29, 1.82) is 0 Å². The lowest BCUT2D eigenvalue weighted by Crippen LogP contribution is -2.56. The number of hydrogen-bond donors (Lipinski definition) is 4. The van der Waals surface area contributed by atoms with Gasteiger partial charge in [-0.1, -0.05) is 43.3 Å². The van der Waals surface area contributed by atoms with E-state index in [1.54, 1.807) is 44.2 Å². The third-order valence-corrected chi connectivity index (χ3v) is 6.20. The molecule has 0 radical (unpaired) electrons. The van der Waals surface area contributed by atoms with Crippen molar-refractivity contribution in [3.05, 3.63) is 65.2 Å². The Bertz CT molecular complexity index is 1100. The second kappa shape index (κ2) is 11.5. The van der Waals surface area contributed by atoms with Crippen LogP contribution in [0.15, 0.2) is 48.5 Å². The number of likely N-dealkylation sites (tertiary alicyclic amines) is 1. The molecular formula is C26H31F2N3O5. The molecule has 36 heavy (non-hydrogen) atoms. The fourth-order valence-electron chi connectivity index (χ4n) is 4.22. The first-order valence-electron chi connectivity index (χ1n) is 11.8.